The first-order chi connectivity index (χ1) is 10.2. The molecular formula is C14H20Cl2N2O3S. The fourth-order valence-corrected chi connectivity index (χ4v) is 4.49. The molecule has 2 rings (SSSR count). The van der Waals surface area contributed by atoms with Crippen molar-refractivity contribution in [2.24, 2.45) is 5.92 Å². The van der Waals surface area contributed by atoms with Crippen molar-refractivity contribution in [1.82, 2.24) is 9.79 Å². The molecule has 124 valence electrons. The van der Waals surface area contributed by atoms with Gasteiger partial charge in [-0.3, -0.25) is 4.84 Å². The van der Waals surface area contributed by atoms with Gasteiger partial charge in [-0.15, -0.1) is 0 Å². The molecule has 22 heavy (non-hydrogen) atoms. The van der Waals surface area contributed by atoms with Crippen LogP contribution in [-0.4, -0.2) is 38.9 Å². The van der Waals surface area contributed by atoms with Gasteiger partial charge in [-0.1, -0.05) is 49.2 Å². The average molecular weight is 367 g/mol. The molecule has 2 atom stereocenters. The van der Waals surface area contributed by atoms with Crippen LogP contribution in [0.25, 0.3) is 0 Å². The zero-order valence-corrected chi connectivity index (χ0v) is 15.0. The second-order valence-electron chi connectivity index (χ2n) is 5.76. The average Bonchev–Trinajstić information content (AvgIpc) is 2.82. The Balaban J connectivity index is 2.34. The number of rotatable bonds is 5. The van der Waals surface area contributed by atoms with Gasteiger partial charge < -0.3 is 0 Å². The first-order valence-corrected chi connectivity index (χ1v) is 9.32. The van der Waals surface area contributed by atoms with Gasteiger partial charge in [0.05, 0.1) is 22.7 Å². The molecule has 1 saturated heterocycles. The molecule has 0 aromatic heterocycles. The molecular weight excluding hydrogens is 347 g/mol. The van der Waals surface area contributed by atoms with Crippen molar-refractivity contribution in [3.63, 3.8) is 0 Å². The Labute approximate surface area is 141 Å². The summed E-state index contributed by atoms with van der Waals surface area (Å²) in [5.74, 6) is 0.225. The van der Waals surface area contributed by atoms with E-state index in [0.29, 0.717) is 22.2 Å². The lowest BCUT2D eigenvalue weighted by atomic mass is 10.0. The number of nitrogens with one attached hydrogen (secondary N) is 1. The Hall–Kier alpha value is -0.370. The molecule has 1 aliphatic rings. The number of sulfonamides is 1. The van der Waals surface area contributed by atoms with Gasteiger partial charge in [0.25, 0.3) is 0 Å². The molecule has 0 bridgehead atoms. The van der Waals surface area contributed by atoms with Gasteiger partial charge in [0.15, 0.2) is 0 Å². The lowest BCUT2D eigenvalue weighted by Crippen LogP contribution is -2.40. The predicted octanol–water partition coefficient (Wildman–Crippen LogP) is 2.86. The zero-order valence-electron chi connectivity index (χ0n) is 12.7. The Morgan fingerprint density at radius 3 is 2.73 bits per heavy atom. The fourth-order valence-electron chi connectivity index (χ4n) is 2.39. The number of hydrogen-bond acceptors (Lipinski definition) is 4. The maximum Gasteiger partial charge on any atom is 0.218 e. The van der Waals surface area contributed by atoms with Crippen molar-refractivity contribution in [2.75, 3.05) is 20.2 Å². The molecule has 1 N–H and O–H groups in total. The van der Waals surface area contributed by atoms with Crippen LogP contribution in [0.5, 0.6) is 0 Å². The summed E-state index contributed by atoms with van der Waals surface area (Å²) in [6.45, 7) is 4.37. The third-order valence-corrected chi connectivity index (χ3v) is 6.17. The predicted molar refractivity (Wildman–Crippen MR) is 88.5 cm³/mol. The largest absolute Gasteiger partial charge is 0.297 e. The van der Waals surface area contributed by atoms with Crippen molar-refractivity contribution in [3.05, 3.63) is 33.8 Å². The summed E-state index contributed by atoms with van der Waals surface area (Å²) in [4.78, 5) is 5.43. The molecule has 0 saturated carbocycles. The van der Waals surface area contributed by atoms with E-state index in [-0.39, 0.29) is 12.5 Å². The van der Waals surface area contributed by atoms with Crippen molar-refractivity contribution >= 4 is 33.2 Å². The summed E-state index contributed by atoms with van der Waals surface area (Å²) < 4.78 is 27.8. The Morgan fingerprint density at radius 2 is 2.09 bits per heavy atom. The van der Waals surface area contributed by atoms with E-state index < -0.39 is 21.3 Å². The summed E-state index contributed by atoms with van der Waals surface area (Å²) in [5.41, 5.74) is 0.647. The lowest BCUT2D eigenvalue weighted by molar-refractivity contribution is -0.110. The van der Waals surface area contributed by atoms with Crippen LogP contribution in [0.2, 0.25) is 10.0 Å². The van der Waals surface area contributed by atoms with Crippen molar-refractivity contribution in [2.45, 2.75) is 25.1 Å². The van der Waals surface area contributed by atoms with Crippen LogP contribution >= 0.6 is 23.2 Å². The minimum atomic E-state index is -3.53. The minimum absolute atomic E-state index is 0.0808. The molecule has 1 aromatic rings. The first kappa shape index (κ1) is 18.0. The van der Waals surface area contributed by atoms with Crippen LogP contribution in [0.15, 0.2) is 18.2 Å². The highest BCUT2D eigenvalue weighted by atomic mass is 35.5. The van der Waals surface area contributed by atoms with Crippen LogP contribution in [-0.2, 0) is 14.9 Å². The first-order valence-electron chi connectivity index (χ1n) is 7.02. The minimum Gasteiger partial charge on any atom is -0.297 e. The van der Waals surface area contributed by atoms with Gasteiger partial charge in [0, 0.05) is 13.6 Å². The smallest absolute Gasteiger partial charge is 0.218 e. The van der Waals surface area contributed by atoms with Crippen LogP contribution in [0.3, 0.4) is 0 Å². The van der Waals surface area contributed by atoms with E-state index in [4.69, 9.17) is 28.0 Å². The number of hydroxylamine groups is 2. The quantitative estimate of drug-likeness (QED) is 0.870. The summed E-state index contributed by atoms with van der Waals surface area (Å²) >= 11 is 12.3. The van der Waals surface area contributed by atoms with Gasteiger partial charge >= 0.3 is 0 Å². The third kappa shape index (κ3) is 3.75. The highest BCUT2D eigenvalue weighted by Crippen LogP contribution is 2.39. The molecule has 0 amide bonds. The summed E-state index contributed by atoms with van der Waals surface area (Å²) in [5, 5.41) is 1.53. The van der Waals surface area contributed by atoms with Crippen LogP contribution in [0.1, 0.15) is 25.5 Å². The van der Waals surface area contributed by atoms with Gasteiger partial charge in [-0.2, -0.15) is 5.06 Å². The number of benzene rings is 1. The molecule has 1 aromatic carbocycles. The third-order valence-electron chi connectivity index (χ3n) is 3.58. The molecule has 2 unspecified atom stereocenters. The SMILES string of the molecule is CC(C)CNS(=O)(=O)C1CON(C)C1c1cccc(Cl)c1Cl. The van der Waals surface area contributed by atoms with Gasteiger partial charge in [0.1, 0.15) is 5.25 Å². The maximum absolute atomic E-state index is 12.6. The second kappa shape index (κ2) is 7.03. The van der Waals surface area contributed by atoms with Crippen LogP contribution < -0.4 is 4.72 Å². The lowest BCUT2D eigenvalue weighted by Gasteiger charge is -2.24. The molecule has 5 nitrogen and oxygen atoms in total. The summed E-state index contributed by atoms with van der Waals surface area (Å²) in [6.07, 6.45) is 0. The van der Waals surface area contributed by atoms with E-state index in [2.05, 4.69) is 4.72 Å². The molecule has 0 aliphatic carbocycles. The van der Waals surface area contributed by atoms with Crippen molar-refractivity contribution < 1.29 is 13.3 Å². The molecule has 1 heterocycles. The fraction of sp³-hybridized carbons (Fsp3) is 0.571. The molecule has 8 heteroatoms. The molecule has 1 aliphatic heterocycles. The standard InChI is InChI=1S/C14H20Cl2N2O3S/c1-9(2)7-17-22(19,20)12-8-21-18(3)14(12)10-5-4-6-11(15)13(10)16/h4-6,9,12,14,17H,7-8H2,1-3H3. The Morgan fingerprint density at radius 1 is 1.41 bits per heavy atom. The van der Waals surface area contributed by atoms with E-state index in [9.17, 15) is 8.42 Å². The Bertz CT molecular complexity index is 637. The van der Waals surface area contributed by atoms with E-state index in [1.54, 1.807) is 25.2 Å². The van der Waals surface area contributed by atoms with E-state index in [1.165, 1.54) is 5.06 Å². The van der Waals surface area contributed by atoms with Crippen molar-refractivity contribution in [1.29, 1.82) is 0 Å². The van der Waals surface area contributed by atoms with Crippen LogP contribution in [0.4, 0.5) is 0 Å². The summed E-state index contributed by atoms with van der Waals surface area (Å²) in [6, 6.07) is 4.69. The highest BCUT2D eigenvalue weighted by molar-refractivity contribution is 7.90. The zero-order chi connectivity index (χ0) is 16.5. The van der Waals surface area contributed by atoms with Crippen LogP contribution in [0, 0.1) is 5.92 Å². The summed E-state index contributed by atoms with van der Waals surface area (Å²) in [7, 11) is -1.84. The maximum atomic E-state index is 12.6. The number of halogens is 2. The molecule has 1 fully saturated rings. The van der Waals surface area contributed by atoms with E-state index in [1.807, 2.05) is 13.8 Å². The molecule has 0 radical (unpaired) electrons. The number of hydrogen-bond donors (Lipinski definition) is 1. The normalized spacial score (nSPS) is 23.4. The van der Waals surface area contributed by atoms with E-state index >= 15 is 0 Å². The van der Waals surface area contributed by atoms with Gasteiger partial charge in [0.2, 0.25) is 10.0 Å². The second-order valence-corrected chi connectivity index (χ2v) is 8.52. The Kier molecular flexibility index (Phi) is 5.74. The number of nitrogens with zero attached hydrogens (tertiary/aromatic N) is 1. The van der Waals surface area contributed by atoms with E-state index in [0.717, 1.165) is 0 Å². The highest BCUT2D eigenvalue weighted by Gasteiger charge is 2.44. The topological polar surface area (TPSA) is 58.6 Å². The monoisotopic (exact) mass is 366 g/mol. The van der Waals surface area contributed by atoms with Gasteiger partial charge in [-0.25, -0.2) is 13.1 Å². The van der Waals surface area contributed by atoms with Gasteiger partial charge in [-0.05, 0) is 17.5 Å². The van der Waals surface area contributed by atoms with Crippen molar-refractivity contribution in [3.8, 4) is 0 Å². The molecule has 0 spiro atoms.